The summed E-state index contributed by atoms with van der Waals surface area (Å²) in [5.74, 6) is -0.0193. The molecule has 0 bridgehead atoms. The minimum absolute atomic E-state index is 0.0193. The Bertz CT molecular complexity index is 686. The summed E-state index contributed by atoms with van der Waals surface area (Å²) < 4.78 is 1.95. The van der Waals surface area contributed by atoms with Crippen LogP contribution >= 0.6 is 31.9 Å². The molecule has 2 aromatic rings. The molecule has 3 nitrogen and oxygen atoms in total. The normalized spacial score (nSPS) is 12.3. The van der Waals surface area contributed by atoms with Crippen molar-refractivity contribution in [3.63, 3.8) is 0 Å². The fourth-order valence-electron chi connectivity index (χ4n) is 2.17. The molecule has 0 radical (unpaired) electrons. The van der Waals surface area contributed by atoms with E-state index in [9.17, 15) is 4.79 Å². The first-order valence-electron chi connectivity index (χ1n) is 7.38. The molecule has 0 spiro atoms. The molecule has 1 unspecified atom stereocenters. The number of hydrogen-bond acceptors (Lipinski definition) is 2. The van der Waals surface area contributed by atoms with Crippen molar-refractivity contribution in [1.82, 2.24) is 4.90 Å². The SMILES string of the molecule is Cc1ccc(NC(=O)C(C)N(C)Cc2ccc(Br)cc2)c(Br)c1. The van der Waals surface area contributed by atoms with Crippen LogP contribution in [-0.4, -0.2) is 23.9 Å². The largest absolute Gasteiger partial charge is 0.324 e. The lowest BCUT2D eigenvalue weighted by molar-refractivity contribution is -0.120. The number of aryl methyl sites for hydroxylation is 1. The van der Waals surface area contributed by atoms with Gasteiger partial charge in [-0.15, -0.1) is 0 Å². The van der Waals surface area contributed by atoms with E-state index in [1.54, 1.807) is 0 Å². The number of rotatable bonds is 5. The van der Waals surface area contributed by atoms with Gasteiger partial charge in [0.25, 0.3) is 0 Å². The first-order chi connectivity index (χ1) is 10.9. The van der Waals surface area contributed by atoms with E-state index >= 15 is 0 Å². The summed E-state index contributed by atoms with van der Waals surface area (Å²) in [5.41, 5.74) is 3.12. The molecular weight excluding hydrogens is 420 g/mol. The standard InChI is InChI=1S/C18H20Br2N2O/c1-12-4-9-17(16(20)10-12)21-18(23)13(2)22(3)11-14-5-7-15(19)8-6-14/h4-10,13H,11H2,1-3H3,(H,21,23). The van der Waals surface area contributed by atoms with Crippen LogP contribution in [0.4, 0.5) is 5.69 Å². The molecule has 0 saturated carbocycles. The maximum atomic E-state index is 12.5. The fourth-order valence-corrected chi connectivity index (χ4v) is 3.03. The molecule has 0 aromatic heterocycles. The van der Waals surface area contributed by atoms with Gasteiger partial charge in [-0.3, -0.25) is 9.69 Å². The highest BCUT2D eigenvalue weighted by Crippen LogP contribution is 2.23. The fraction of sp³-hybridized carbons (Fsp3) is 0.278. The van der Waals surface area contributed by atoms with Gasteiger partial charge in [-0.05, 0) is 72.2 Å². The van der Waals surface area contributed by atoms with Crippen molar-refractivity contribution in [2.75, 3.05) is 12.4 Å². The molecule has 2 aromatic carbocycles. The molecule has 0 aliphatic rings. The Morgan fingerprint density at radius 1 is 1.17 bits per heavy atom. The molecule has 122 valence electrons. The number of nitrogens with zero attached hydrogens (tertiary/aromatic N) is 1. The third-order valence-electron chi connectivity index (χ3n) is 3.77. The van der Waals surface area contributed by atoms with Gasteiger partial charge in [-0.1, -0.05) is 34.1 Å². The van der Waals surface area contributed by atoms with Crippen molar-refractivity contribution < 1.29 is 4.79 Å². The molecule has 0 fully saturated rings. The van der Waals surface area contributed by atoms with Crippen LogP contribution in [0.3, 0.4) is 0 Å². The molecule has 0 saturated heterocycles. The number of benzene rings is 2. The van der Waals surface area contributed by atoms with Gasteiger partial charge in [-0.2, -0.15) is 0 Å². The van der Waals surface area contributed by atoms with Gasteiger partial charge >= 0.3 is 0 Å². The maximum absolute atomic E-state index is 12.5. The van der Waals surface area contributed by atoms with Crippen LogP contribution in [0.2, 0.25) is 0 Å². The molecule has 2 rings (SSSR count). The van der Waals surface area contributed by atoms with Gasteiger partial charge in [-0.25, -0.2) is 0 Å². The number of halogens is 2. The zero-order chi connectivity index (χ0) is 17.0. The van der Waals surface area contributed by atoms with E-state index in [4.69, 9.17) is 0 Å². The molecular formula is C18H20Br2N2O. The lowest BCUT2D eigenvalue weighted by atomic mass is 10.2. The van der Waals surface area contributed by atoms with Crippen molar-refractivity contribution in [1.29, 1.82) is 0 Å². The van der Waals surface area contributed by atoms with Crippen molar-refractivity contribution >= 4 is 43.5 Å². The Balaban J connectivity index is 1.99. The van der Waals surface area contributed by atoms with Gasteiger partial charge in [0.05, 0.1) is 11.7 Å². The lowest BCUT2D eigenvalue weighted by Crippen LogP contribution is -2.39. The van der Waals surface area contributed by atoms with E-state index in [1.165, 1.54) is 5.56 Å². The van der Waals surface area contributed by atoms with Gasteiger partial charge in [0.1, 0.15) is 0 Å². The van der Waals surface area contributed by atoms with Crippen LogP contribution in [0, 0.1) is 6.92 Å². The quantitative estimate of drug-likeness (QED) is 0.712. The zero-order valence-corrected chi connectivity index (χ0v) is 16.6. The number of hydrogen-bond donors (Lipinski definition) is 1. The monoisotopic (exact) mass is 438 g/mol. The summed E-state index contributed by atoms with van der Waals surface area (Å²) in [6, 6.07) is 13.8. The van der Waals surface area contributed by atoms with E-state index in [2.05, 4.69) is 49.3 Å². The molecule has 0 aliphatic carbocycles. The maximum Gasteiger partial charge on any atom is 0.241 e. The van der Waals surface area contributed by atoms with Gasteiger partial charge < -0.3 is 5.32 Å². The molecule has 0 heterocycles. The number of nitrogens with one attached hydrogen (secondary N) is 1. The van der Waals surface area contributed by atoms with Crippen LogP contribution in [0.25, 0.3) is 0 Å². The summed E-state index contributed by atoms with van der Waals surface area (Å²) in [5, 5.41) is 2.98. The molecule has 0 aliphatic heterocycles. The van der Waals surface area contributed by atoms with Gasteiger partial charge in [0.15, 0.2) is 0 Å². The van der Waals surface area contributed by atoms with Crippen molar-refractivity contribution in [2.45, 2.75) is 26.4 Å². The van der Waals surface area contributed by atoms with Crippen LogP contribution in [0.1, 0.15) is 18.1 Å². The first-order valence-corrected chi connectivity index (χ1v) is 8.97. The number of likely N-dealkylation sites (N-methyl/N-ethyl adjacent to an activating group) is 1. The summed E-state index contributed by atoms with van der Waals surface area (Å²) in [6.07, 6.45) is 0. The second-order valence-electron chi connectivity index (χ2n) is 5.69. The highest BCUT2D eigenvalue weighted by atomic mass is 79.9. The van der Waals surface area contributed by atoms with Crippen LogP contribution in [-0.2, 0) is 11.3 Å². The Labute approximate surface area is 154 Å². The zero-order valence-electron chi connectivity index (χ0n) is 13.4. The summed E-state index contributed by atoms with van der Waals surface area (Å²) >= 11 is 6.92. The molecule has 5 heteroatoms. The Hall–Kier alpha value is -1.17. The molecule has 1 N–H and O–H groups in total. The summed E-state index contributed by atoms with van der Waals surface area (Å²) in [4.78, 5) is 14.5. The average molecular weight is 440 g/mol. The molecule has 23 heavy (non-hydrogen) atoms. The third kappa shape index (κ3) is 5.16. The number of carbonyl (C=O) groups excluding carboxylic acids is 1. The molecule has 1 atom stereocenters. The number of anilines is 1. The van der Waals surface area contributed by atoms with Crippen molar-refractivity contribution in [3.8, 4) is 0 Å². The van der Waals surface area contributed by atoms with Crippen LogP contribution in [0.5, 0.6) is 0 Å². The minimum atomic E-state index is -0.230. The molecule has 1 amide bonds. The van der Waals surface area contributed by atoms with E-state index in [-0.39, 0.29) is 11.9 Å². The topological polar surface area (TPSA) is 32.3 Å². The predicted octanol–water partition coefficient (Wildman–Crippen LogP) is 4.98. The Kier molecular flexibility index (Phi) is 6.39. The summed E-state index contributed by atoms with van der Waals surface area (Å²) in [6.45, 7) is 4.65. The third-order valence-corrected chi connectivity index (χ3v) is 4.95. The van der Waals surface area contributed by atoms with Crippen LogP contribution in [0.15, 0.2) is 51.4 Å². The number of amides is 1. The second-order valence-corrected chi connectivity index (χ2v) is 7.46. The first kappa shape index (κ1) is 18.2. The van der Waals surface area contributed by atoms with Crippen molar-refractivity contribution in [2.24, 2.45) is 0 Å². The van der Waals surface area contributed by atoms with E-state index < -0.39 is 0 Å². The highest BCUT2D eigenvalue weighted by molar-refractivity contribution is 9.10. The van der Waals surface area contributed by atoms with E-state index in [0.29, 0.717) is 0 Å². The van der Waals surface area contributed by atoms with Crippen LogP contribution < -0.4 is 5.32 Å². The minimum Gasteiger partial charge on any atom is -0.324 e. The van der Waals surface area contributed by atoms with E-state index in [0.717, 1.165) is 26.7 Å². The lowest BCUT2D eigenvalue weighted by Gasteiger charge is -2.24. The summed E-state index contributed by atoms with van der Waals surface area (Å²) in [7, 11) is 1.95. The average Bonchev–Trinajstić information content (AvgIpc) is 2.51. The number of carbonyl (C=O) groups is 1. The Morgan fingerprint density at radius 3 is 2.43 bits per heavy atom. The smallest absolute Gasteiger partial charge is 0.241 e. The van der Waals surface area contributed by atoms with E-state index in [1.807, 2.05) is 56.1 Å². The van der Waals surface area contributed by atoms with Gasteiger partial charge in [0, 0.05) is 15.5 Å². The predicted molar refractivity (Wildman–Crippen MR) is 103 cm³/mol. The van der Waals surface area contributed by atoms with Crippen molar-refractivity contribution in [3.05, 3.63) is 62.5 Å². The van der Waals surface area contributed by atoms with Gasteiger partial charge in [0.2, 0.25) is 5.91 Å². The Morgan fingerprint density at radius 2 is 1.83 bits per heavy atom. The highest BCUT2D eigenvalue weighted by Gasteiger charge is 2.19. The second kappa shape index (κ2) is 8.08.